The first kappa shape index (κ1) is 12.1. The molecule has 0 bridgehead atoms. The summed E-state index contributed by atoms with van der Waals surface area (Å²) in [5.41, 5.74) is 0.681. The number of pyridine rings is 1. The number of hydrogen-bond donors (Lipinski definition) is 1. The number of fused-ring (bicyclic) bond motifs is 1. The molecule has 1 aromatic carbocycles. The average Bonchev–Trinajstić information content (AvgIpc) is 2.90. The maximum Gasteiger partial charge on any atom is 0.294 e. The number of halogens is 1. The predicted octanol–water partition coefficient (Wildman–Crippen LogP) is 2.35. The van der Waals surface area contributed by atoms with E-state index in [4.69, 9.17) is 10.6 Å². The number of aromatic nitrogens is 2. The number of nitrogens with two attached hydrogens (primary N) is 1. The number of hydrazine groups is 1. The van der Waals surface area contributed by atoms with E-state index >= 15 is 0 Å². The van der Waals surface area contributed by atoms with Crippen molar-refractivity contribution in [3.8, 4) is 11.5 Å². The number of ether oxygens (including phenoxy) is 1. The molecule has 0 fully saturated rings. The van der Waals surface area contributed by atoms with Gasteiger partial charge in [0.25, 0.3) is 5.69 Å². The molecule has 0 unspecified atom stereocenters. The molecule has 2 N–H and O–H groups in total. The van der Waals surface area contributed by atoms with Crippen LogP contribution in [0, 0.1) is 16.8 Å². The van der Waals surface area contributed by atoms with Crippen molar-refractivity contribution in [2.45, 2.75) is 0 Å². The van der Waals surface area contributed by atoms with E-state index in [2.05, 4.69) is 11.2 Å². The molecule has 20 heavy (non-hydrogen) atoms. The Balaban J connectivity index is 1.99. The van der Waals surface area contributed by atoms with Crippen LogP contribution in [-0.2, 0) is 0 Å². The van der Waals surface area contributed by atoms with Crippen molar-refractivity contribution < 1.29 is 14.0 Å². The van der Waals surface area contributed by atoms with Crippen molar-refractivity contribution in [1.82, 2.24) is 9.61 Å². The lowest BCUT2D eigenvalue weighted by Gasteiger charge is -2.07. The molecule has 3 aromatic rings. The molecule has 0 saturated carbocycles. The quantitative estimate of drug-likeness (QED) is 0.451. The minimum absolute atomic E-state index is 0.00368. The summed E-state index contributed by atoms with van der Waals surface area (Å²) in [7, 11) is 0. The second kappa shape index (κ2) is 4.61. The molecule has 6 nitrogen and oxygen atoms in total. The summed E-state index contributed by atoms with van der Waals surface area (Å²) < 4.78 is 20.9. The molecule has 3 rings (SSSR count). The molecule has 0 amide bonds. The third-order valence-corrected chi connectivity index (χ3v) is 2.72. The molecule has 99 valence electrons. The van der Waals surface area contributed by atoms with E-state index in [0.29, 0.717) is 11.3 Å². The van der Waals surface area contributed by atoms with Gasteiger partial charge in [-0.25, -0.2) is 8.91 Å². The smallest absolute Gasteiger partial charge is 0.294 e. The lowest BCUT2D eigenvalue weighted by atomic mass is 10.3. The monoisotopic (exact) mass is 272 g/mol. The fourth-order valence-corrected chi connectivity index (χ4v) is 1.78. The highest BCUT2D eigenvalue weighted by atomic mass is 19.1. The van der Waals surface area contributed by atoms with Crippen molar-refractivity contribution in [3.63, 3.8) is 0 Å². The molecule has 2 heterocycles. The summed E-state index contributed by atoms with van der Waals surface area (Å²) in [6.07, 6.45) is 3.23. The molecule has 0 aliphatic rings. The summed E-state index contributed by atoms with van der Waals surface area (Å²) >= 11 is 0. The number of benzene rings is 1. The van der Waals surface area contributed by atoms with E-state index in [1.54, 1.807) is 29.0 Å². The molecule has 0 aliphatic carbocycles. The van der Waals surface area contributed by atoms with Crippen molar-refractivity contribution in [2.75, 3.05) is 0 Å². The fourth-order valence-electron chi connectivity index (χ4n) is 1.78. The number of nitroso groups, excluding NO2 is 1. The molecule has 2 aromatic heterocycles. The van der Waals surface area contributed by atoms with Crippen LogP contribution in [0.15, 0.2) is 42.7 Å². The highest BCUT2D eigenvalue weighted by Crippen LogP contribution is 2.29. The van der Waals surface area contributed by atoms with Gasteiger partial charge in [0.05, 0.1) is 17.2 Å². The van der Waals surface area contributed by atoms with Gasteiger partial charge in [0.1, 0.15) is 5.52 Å². The maximum atomic E-state index is 13.8. The van der Waals surface area contributed by atoms with E-state index in [1.807, 2.05) is 0 Å². The topological polar surface area (TPSA) is 72.6 Å². The van der Waals surface area contributed by atoms with Crippen LogP contribution in [0.4, 0.5) is 10.1 Å². The molecular weight excluding hydrogens is 263 g/mol. The second-order valence-electron chi connectivity index (χ2n) is 4.01. The Kier molecular flexibility index (Phi) is 2.79. The molecule has 1 radical (unpaired) electrons. The Morgan fingerprint density at radius 1 is 1.35 bits per heavy atom. The molecular formula is C13H9FN4O2+. The van der Waals surface area contributed by atoms with E-state index in [1.165, 1.54) is 12.1 Å². The van der Waals surface area contributed by atoms with Crippen molar-refractivity contribution in [2.24, 2.45) is 5.84 Å². The normalized spacial score (nSPS) is 10.7. The second-order valence-corrected chi connectivity index (χ2v) is 4.01. The summed E-state index contributed by atoms with van der Waals surface area (Å²) in [6.45, 7) is 0. The van der Waals surface area contributed by atoms with Crippen molar-refractivity contribution >= 4 is 11.2 Å². The summed E-state index contributed by atoms with van der Waals surface area (Å²) in [5.74, 6) is 4.70. The molecule has 7 heteroatoms. The van der Waals surface area contributed by atoms with Crippen molar-refractivity contribution in [1.29, 1.82) is 0 Å². The van der Waals surface area contributed by atoms with Crippen LogP contribution in [0.2, 0.25) is 0 Å². The number of hydrogen-bond acceptors (Lipinski definition) is 3. The van der Waals surface area contributed by atoms with Crippen LogP contribution in [0.5, 0.6) is 11.5 Å². The molecule has 0 aliphatic heterocycles. The minimum Gasteiger partial charge on any atom is -0.452 e. The molecule has 0 saturated heterocycles. The number of nitrogens with zero attached hydrogens (tertiary/aromatic N) is 3. The van der Waals surface area contributed by atoms with E-state index in [9.17, 15) is 9.30 Å². The van der Waals surface area contributed by atoms with Crippen LogP contribution < -0.4 is 10.6 Å². The van der Waals surface area contributed by atoms with Gasteiger partial charge in [0, 0.05) is 18.3 Å². The Morgan fingerprint density at radius 3 is 2.95 bits per heavy atom. The molecule has 0 atom stereocenters. The Hall–Kier alpha value is -2.96. The van der Waals surface area contributed by atoms with Crippen LogP contribution in [-0.4, -0.2) is 14.5 Å². The summed E-state index contributed by atoms with van der Waals surface area (Å²) in [5, 5.41) is 4.03. The van der Waals surface area contributed by atoms with E-state index in [0.717, 1.165) is 6.07 Å². The predicted molar refractivity (Wildman–Crippen MR) is 68.0 cm³/mol. The van der Waals surface area contributed by atoms with Gasteiger partial charge in [-0.1, -0.05) is 0 Å². The van der Waals surface area contributed by atoms with Crippen LogP contribution in [0.1, 0.15) is 0 Å². The average molecular weight is 272 g/mol. The molecule has 0 spiro atoms. The fraction of sp³-hybridized carbons (Fsp3) is 0. The van der Waals surface area contributed by atoms with Gasteiger partial charge >= 0.3 is 0 Å². The van der Waals surface area contributed by atoms with Gasteiger partial charge in [-0.2, -0.15) is 10.9 Å². The third-order valence-electron chi connectivity index (χ3n) is 2.72. The lowest BCUT2D eigenvalue weighted by Crippen LogP contribution is -2.08. The van der Waals surface area contributed by atoms with Gasteiger partial charge < -0.3 is 4.74 Å². The minimum atomic E-state index is -0.685. The van der Waals surface area contributed by atoms with Crippen LogP contribution in [0.25, 0.3) is 5.52 Å². The first-order valence-electron chi connectivity index (χ1n) is 5.68. The zero-order valence-electron chi connectivity index (χ0n) is 10.2. The van der Waals surface area contributed by atoms with Gasteiger partial charge in [-0.3, -0.25) is 0 Å². The zero-order chi connectivity index (χ0) is 14.1. The van der Waals surface area contributed by atoms with E-state index in [-0.39, 0.29) is 16.3 Å². The summed E-state index contributed by atoms with van der Waals surface area (Å²) in [4.78, 5) is 11.0. The highest BCUT2D eigenvalue weighted by molar-refractivity contribution is 5.60. The van der Waals surface area contributed by atoms with Crippen LogP contribution >= 0.6 is 0 Å². The highest BCUT2D eigenvalue weighted by Gasteiger charge is 2.15. The Bertz CT molecular complexity index is 800. The van der Waals surface area contributed by atoms with Gasteiger partial charge in [-0.15, -0.1) is 0 Å². The first-order chi connectivity index (χ1) is 9.65. The Morgan fingerprint density at radius 2 is 2.20 bits per heavy atom. The largest absolute Gasteiger partial charge is 0.452 e. The lowest BCUT2D eigenvalue weighted by molar-refractivity contribution is -0.474. The van der Waals surface area contributed by atoms with Crippen LogP contribution in [0.3, 0.4) is 0 Å². The standard InChI is InChI=1S/C13H9FN4O2/c14-10-8-9(18(15)19)3-4-12(10)20-13-2-1-7-17-11(13)5-6-16-17/h2-8H,(H2,15,19)/q+1. The zero-order valence-corrected chi connectivity index (χ0v) is 10.2. The van der Waals surface area contributed by atoms with Crippen molar-refractivity contribution in [3.05, 3.63) is 59.5 Å². The third kappa shape index (κ3) is 2.05. The van der Waals surface area contributed by atoms with Gasteiger partial charge in [0.2, 0.25) is 0 Å². The van der Waals surface area contributed by atoms with Gasteiger partial charge in [0.15, 0.2) is 22.2 Å². The van der Waals surface area contributed by atoms with E-state index < -0.39 is 5.82 Å². The first-order valence-corrected chi connectivity index (χ1v) is 5.68. The maximum absolute atomic E-state index is 13.8. The SMILES string of the molecule is N[N+](=O)c1ccc(Oc2c[c]cn3nccc23)c(F)c1. The Labute approximate surface area is 112 Å². The van der Waals surface area contributed by atoms with Gasteiger partial charge in [-0.05, 0) is 18.2 Å². The number of rotatable bonds is 3. The summed E-state index contributed by atoms with van der Waals surface area (Å²) in [6, 6.07) is 9.85.